The van der Waals surface area contributed by atoms with Crippen LogP contribution in [0.15, 0.2) is 72.8 Å². The van der Waals surface area contributed by atoms with Crippen molar-refractivity contribution in [2.45, 2.75) is 19.2 Å². The van der Waals surface area contributed by atoms with E-state index in [-0.39, 0.29) is 12.3 Å². The molecule has 0 saturated heterocycles. The highest BCUT2D eigenvalue weighted by Crippen LogP contribution is 2.47. The van der Waals surface area contributed by atoms with Crippen LogP contribution in [0.1, 0.15) is 34.5 Å². The maximum absolute atomic E-state index is 6.47. The molecule has 3 aromatic carbocycles. The third kappa shape index (κ3) is 3.08. The molecule has 2 heterocycles. The molecule has 0 unspecified atom stereocenters. The Hall–Kier alpha value is -3.44. The third-order valence-electron chi connectivity index (χ3n) is 5.67. The Kier molecular flexibility index (Phi) is 4.60. The molecular weight excluding hydrogens is 376 g/mol. The summed E-state index contributed by atoms with van der Waals surface area (Å²) in [6.07, 6.45) is 1.88. The maximum Gasteiger partial charge on any atom is 0.199 e. The molecule has 3 aromatic rings. The second kappa shape index (κ2) is 7.43. The van der Waals surface area contributed by atoms with Crippen LogP contribution in [0.4, 0.5) is 0 Å². The molecule has 2 atom stereocenters. The van der Waals surface area contributed by atoms with Gasteiger partial charge in [-0.05, 0) is 42.8 Å². The molecular formula is C25H24N2O3. The summed E-state index contributed by atoms with van der Waals surface area (Å²) in [5.41, 5.74) is 9.06. The van der Waals surface area contributed by atoms with Gasteiger partial charge in [-0.3, -0.25) is 0 Å². The fraction of sp³-hybridized carbons (Fsp3) is 0.200. The maximum atomic E-state index is 6.47. The number of methoxy groups -OCH3 is 2. The molecule has 5 heteroatoms. The number of rotatable bonds is 4. The van der Waals surface area contributed by atoms with Gasteiger partial charge in [0.2, 0.25) is 0 Å². The summed E-state index contributed by atoms with van der Waals surface area (Å²) in [4.78, 5) is 0. The molecule has 1 N–H and O–H groups in total. The summed E-state index contributed by atoms with van der Waals surface area (Å²) in [7, 11) is 3.34. The van der Waals surface area contributed by atoms with Crippen LogP contribution in [0.5, 0.6) is 17.2 Å². The zero-order valence-corrected chi connectivity index (χ0v) is 17.3. The Labute approximate surface area is 176 Å². The van der Waals surface area contributed by atoms with E-state index in [1.54, 1.807) is 14.2 Å². The summed E-state index contributed by atoms with van der Waals surface area (Å²) in [6.45, 7) is 2.10. The van der Waals surface area contributed by atoms with Crippen molar-refractivity contribution in [3.05, 3.63) is 95.1 Å². The van der Waals surface area contributed by atoms with Gasteiger partial charge in [0.15, 0.2) is 6.23 Å². The third-order valence-corrected chi connectivity index (χ3v) is 5.67. The summed E-state index contributed by atoms with van der Waals surface area (Å²) in [5, 5.41) is 2.13. The van der Waals surface area contributed by atoms with E-state index >= 15 is 0 Å². The van der Waals surface area contributed by atoms with Gasteiger partial charge in [0.25, 0.3) is 0 Å². The van der Waals surface area contributed by atoms with Crippen LogP contribution in [0.3, 0.4) is 0 Å². The second-order valence-corrected chi connectivity index (χ2v) is 7.53. The Morgan fingerprint density at radius 1 is 0.900 bits per heavy atom. The fourth-order valence-electron chi connectivity index (χ4n) is 4.08. The topological polar surface area (TPSA) is 43.0 Å². The normalized spacial score (nSPS) is 19.8. The predicted molar refractivity (Wildman–Crippen MR) is 116 cm³/mol. The van der Waals surface area contributed by atoms with E-state index in [1.165, 1.54) is 5.56 Å². The number of ether oxygens (including phenoxy) is 3. The average molecular weight is 400 g/mol. The van der Waals surface area contributed by atoms with Gasteiger partial charge >= 0.3 is 0 Å². The number of nitrogens with zero attached hydrogens (tertiary/aromatic N) is 1. The van der Waals surface area contributed by atoms with Crippen molar-refractivity contribution in [3.63, 3.8) is 0 Å². The van der Waals surface area contributed by atoms with Crippen LogP contribution in [-0.4, -0.2) is 19.2 Å². The van der Waals surface area contributed by atoms with Gasteiger partial charge in [0.1, 0.15) is 17.2 Å². The van der Waals surface area contributed by atoms with Crippen molar-refractivity contribution in [3.8, 4) is 17.2 Å². The highest BCUT2D eigenvalue weighted by Gasteiger charge is 2.41. The molecule has 0 aliphatic carbocycles. The van der Waals surface area contributed by atoms with E-state index in [2.05, 4.69) is 53.8 Å². The summed E-state index contributed by atoms with van der Waals surface area (Å²) < 4.78 is 17.6. The number of para-hydroxylation sites is 1. The van der Waals surface area contributed by atoms with Crippen molar-refractivity contribution < 1.29 is 14.2 Å². The quantitative estimate of drug-likeness (QED) is 0.667. The molecule has 0 spiro atoms. The molecule has 152 valence electrons. The van der Waals surface area contributed by atoms with E-state index in [1.807, 2.05) is 36.4 Å². The van der Waals surface area contributed by atoms with Gasteiger partial charge < -0.3 is 19.6 Å². The zero-order chi connectivity index (χ0) is 20.7. The second-order valence-electron chi connectivity index (χ2n) is 7.53. The summed E-state index contributed by atoms with van der Waals surface area (Å²) in [5.74, 6) is 2.39. The van der Waals surface area contributed by atoms with Crippen molar-refractivity contribution in [2.24, 2.45) is 0 Å². The molecule has 5 rings (SSSR count). The monoisotopic (exact) mass is 400 g/mol. The van der Waals surface area contributed by atoms with Gasteiger partial charge in [-0.1, -0.05) is 48.0 Å². The molecule has 5 nitrogen and oxygen atoms in total. The van der Waals surface area contributed by atoms with Crippen LogP contribution < -0.4 is 19.6 Å². The number of hydrogen-bond acceptors (Lipinski definition) is 5. The molecule has 30 heavy (non-hydrogen) atoms. The van der Waals surface area contributed by atoms with Crippen molar-refractivity contribution in [1.29, 1.82) is 0 Å². The minimum absolute atomic E-state index is 0.0344. The Balaban J connectivity index is 1.60. The van der Waals surface area contributed by atoms with Crippen LogP contribution >= 0.6 is 0 Å². The first-order valence-electron chi connectivity index (χ1n) is 9.99. The first-order chi connectivity index (χ1) is 14.7. The van der Waals surface area contributed by atoms with E-state index in [0.29, 0.717) is 0 Å². The van der Waals surface area contributed by atoms with Crippen molar-refractivity contribution in [2.75, 3.05) is 14.2 Å². The van der Waals surface area contributed by atoms with Gasteiger partial charge in [-0.15, -0.1) is 0 Å². The Morgan fingerprint density at radius 3 is 2.47 bits per heavy atom. The number of hydrogen-bond donors (Lipinski definition) is 1. The summed E-state index contributed by atoms with van der Waals surface area (Å²) >= 11 is 0. The standard InChI is InChI=1S/C25H24N2O3/c1-16-8-10-17(11-9-16)21-15-22-19-6-4-5-7-24(19)30-25(27(22)26-21)20-14-18(28-2)12-13-23(20)29-3/h4-15,22,25-26H,1-3H3/t22-,25-/m1/s1. The van der Waals surface area contributed by atoms with Gasteiger partial charge in [0, 0.05) is 5.56 Å². The Morgan fingerprint density at radius 2 is 1.70 bits per heavy atom. The lowest BCUT2D eigenvalue weighted by Crippen LogP contribution is -2.43. The zero-order valence-electron chi connectivity index (χ0n) is 17.3. The highest BCUT2D eigenvalue weighted by molar-refractivity contribution is 5.67. The SMILES string of the molecule is COc1ccc(OC)c([C@H]2Oc3ccccc3[C@H]3C=C(c4ccc(C)cc4)NN32)c1. The molecule has 2 aliphatic heterocycles. The van der Waals surface area contributed by atoms with E-state index < -0.39 is 0 Å². The van der Waals surface area contributed by atoms with Crippen molar-refractivity contribution in [1.82, 2.24) is 10.4 Å². The average Bonchev–Trinajstić information content (AvgIpc) is 3.24. The molecule has 0 saturated carbocycles. The fourth-order valence-corrected chi connectivity index (χ4v) is 4.08. The number of aryl methyl sites for hydroxylation is 1. The number of fused-ring (bicyclic) bond motifs is 3. The van der Waals surface area contributed by atoms with E-state index in [9.17, 15) is 0 Å². The highest BCUT2D eigenvalue weighted by atomic mass is 16.5. The first kappa shape index (κ1) is 18.6. The molecule has 0 radical (unpaired) electrons. The van der Waals surface area contributed by atoms with Gasteiger partial charge in [-0.2, -0.15) is 5.01 Å². The minimum Gasteiger partial charge on any atom is -0.497 e. The number of hydrazine groups is 1. The largest absolute Gasteiger partial charge is 0.497 e. The molecule has 0 fully saturated rings. The lowest BCUT2D eigenvalue weighted by atomic mass is 10.0. The Bertz CT molecular complexity index is 1110. The number of benzene rings is 3. The lowest BCUT2D eigenvalue weighted by Gasteiger charge is -2.39. The first-order valence-corrected chi connectivity index (χ1v) is 9.99. The van der Waals surface area contributed by atoms with Crippen LogP contribution in [0.25, 0.3) is 5.70 Å². The smallest absolute Gasteiger partial charge is 0.199 e. The van der Waals surface area contributed by atoms with Crippen LogP contribution in [0.2, 0.25) is 0 Å². The molecule has 2 aliphatic rings. The summed E-state index contributed by atoms with van der Waals surface area (Å²) in [6, 6.07) is 22.5. The molecule has 0 amide bonds. The number of nitrogens with one attached hydrogen (secondary N) is 1. The van der Waals surface area contributed by atoms with E-state index in [4.69, 9.17) is 14.2 Å². The van der Waals surface area contributed by atoms with Crippen molar-refractivity contribution >= 4 is 5.70 Å². The minimum atomic E-state index is -0.380. The van der Waals surface area contributed by atoms with Gasteiger partial charge in [-0.25, -0.2) is 0 Å². The van der Waals surface area contributed by atoms with E-state index in [0.717, 1.165) is 39.6 Å². The predicted octanol–water partition coefficient (Wildman–Crippen LogP) is 5.01. The van der Waals surface area contributed by atoms with Crippen LogP contribution in [0, 0.1) is 6.92 Å². The lowest BCUT2D eigenvalue weighted by molar-refractivity contribution is -0.0339. The molecule has 0 aromatic heterocycles. The molecule has 0 bridgehead atoms. The van der Waals surface area contributed by atoms with Crippen LogP contribution in [-0.2, 0) is 0 Å². The van der Waals surface area contributed by atoms with Gasteiger partial charge in [0.05, 0.1) is 31.5 Å².